The van der Waals surface area contributed by atoms with Crippen LogP contribution in [0.15, 0.2) is 0 Å². The summed E-state index contributed by atoms with van der Waals surface area (Å²) in [5.74, 6) is 0.254. The van der Waals surface area contributed by atoms with Gasteiger partial charge in [-0.05, 0) is 37.6 Å². The van der Waals surface area contributed by atoms with Crippen LogP contribution in [-0.2, 0) is 9.84 Å². The van der Waals surface area contributed by atoms with Gasteiger partial charge in [0.1, 0.15) is 0 Å². The van der Waals surface area contributed by atoms with Crippen molar-refractivity contribution in [3.05, 3.63) is 0 Å². The van der Waals surface area contributed by atoms with Crippen molar-refractivity contribution in [3.8, 4) is 0 Å². The summed E-state index contributed by atoms with van der Waals surface area (Å²) in [5, 5.41) is 0. The lowest BCUT2D eigenvalue weighted by molar-refractivity contribution is 0.247. The van der Waals surface area contributed by atoms with E-state index in [0.29, 0.717) is 19.4 Å². The minimum Gasteiger partial charge on any atom is -0.330 e. The molecule has 2 atom stereocenters. The molecule has 0 aromatic heterocycles. The molecule has 3 nitrogen and oxygen atoms in total. The molecule has 1 saturated heterocycles. The van der Waals surface area contributed by atoms with E-state index in [2.05, 4.69) is 0 Å². The summed E-state index contributed by atoms with van der Waals surface area (Å²) >= 11 is 0. The largest absolute Gasteiger partial charge is 0.330 e. The van der Waals surface area contributed by atoms with E-state index >= 15 is 0 Å². The monoisotopic (exact) mass is 223 g/mol. The summed E-state index contributed by atoms with van der Waals surface area (Å²) in [6.07, 6.45) is 2.10. The lowest BCUT2D eigenvalue weighted by atomic mass is 9.88. The normalized spacial score (nSPS) is 28.6. The number of halogens is 1. The Bertz CT molecular complexity index is 266. The van der Waals surface area contributed by atoms with Crippen LogP contribution in [0.3, 0.4) is 0 Å². The molecule has 1 rings (SSSR count). The van der Waals surface area contributed by atoms with Gasteiger partial charge in [-0.2, -0.15) is 0 Å². The van der Waals surface area contributed by atoms with E-state index in [9.17, 15) is 12.8 Å². The minimum atomic E-state index is -2.91. The van der Waals surface area contributed by atoms with Gasteiger partial charge in [0, 0.05) is 0 Å². The second kappa shape index (κ2) is 5.07. The molecule has 0 saturated carbocycles. The molecule has 0 amide bonds. The fourth-order valence-electron chi connectivity index (χ4n) is 2.08. The summed E-state index contributed by atoms with van der Waals surface area (Å²) in [7, 11) is -2.91. The van der Waals surface area contributed by atoms with Crippen molar-refractivity contribution in [3.63, 3.8) is 0 Å². The van der Waals surface area contributed by atoms with E-state index in [-0.39, 0.29) is 23.3 Å². The second-order valence-electron chi connectivity index (χ2n) is 4.01. The third-order valence-electron chi connectivity index (χ3n) is 2.90. The van der Waals surface area contributed by atoms with Crippen LogP contribution in [0.4, 0.5) is 4.39 Å². The van der Waals surface area contributed by atoms with Crippen molar-refractivity contribution in [1.29, 1.82) is 0 Å². The van der Waals surface area contributed by atoms with Crippen molar-refractivity contribution in [1.82, 2.24) is 0 Å². The molecular weight excluding hydrogens is 205 g/mol. The highest BCUT2D eigenvalue weighted by Crippen LogP contribution is 2.27. The van der Waals surface area contributed by atoms with Crippen LogP contribution in [0.5, 0.6) is 0 Å². The average Bonchev–Trinajstić information content (AvgIpc) is 2.12. The molecule has 1 fully saturated rings. The molecule has 1 heterocycles. The minimum absolute atomic E-state index is 0.0118. The van der Waals surface area contributed by atoms with E-state index in [1.54, 1.807) is 0 Å². The number of hydrogen-bond donors (Lipinski definition) is 1. The maximum Gasteiger partial charge on any atom is 0.150 e. The fraction of sp³-hybridized carbons (Fsp3) is 1.00. The average molecular weight is 223 g/mol. The Morgan fingerprint density at radius 1 is 1.50 bits per heavy atom. The van der Waals surface area contributed by atoms with Gasteiger partial charge in [0.05, 0.1) is 18.2 Å². The van der Waals surface area contributed by atoms with E-state index in [1.165, 1.54) is 0 Å². The topological polar surface area (TPSA) is 60.2 Å². The number of hydrogen-bond acceptors (Lipinski definition) is 3. The first-order chi connectivity index (χ1) is 6.59. The molecule has 1 aliphatic rings. The molecule has 0 bridgehead atoms. The SMILES string of the molecule is NCCC(CF)C1CCCS(=O)(=O)C1. The highest BCUT2D eigenvalue weighted by Gasteiger charge is 2.30. The number of alkyl halides is 1. The van der Waals surface area contributed by atoms with E-state index in [4.69, 9.17) is 5.73 Å². The smallest absolute Gasteiger partial charge is 0.150 e. The summed E-state index contributed by atoms with van der Waals surface area (Å²) in [4.78, 5) is 0. The summed E-state index contributed by atoms with van der Waals surface area (Å²) in [6, 6.07) is 0. The Labute approximate surface area is 84.8 Å². The number of rotatable bonds is 4. The maximum atomic E-state index is 12.6. The quantitative estimate of drug-likeness (QED) is 0.765. The zero-order valence-corrected chi connectivity index (χ0v) is 9.10. The Balaban J connectivity index is 2.57. The van der Waals surface area contributed by atoms with Crippen LogP contribution in [0.2, 0.25) is 0 Å². The number of sulfone groups is 1. The van der Waals surface area contributed by atoms with Gasteiger partial charge in [0.2, 0.25) is 0 Å². The zero-order valence-electron chi connectivity index (χ0n) is 8.28. The molecule has 0 spiro atoms. The third-order valence-corrected chi connectivity index (χ3v) is 4.75. The van der Waals surface area contributed by atoms with Gasteiger partial charge in [-0.15, -0.1) is 0 Å². The molecular formula is C9H18FNO2S. The standard InChI is InChI=1S/C9H18FNO2S/c10-6-8(3-4-11)9-2-1-5-14(12,13)7-9/h8-9H,1-7,11H2. The Hall–Kier alpha value is -0.160. The molecule has 2 N–H and O–H groups in total. The molecule has 0 aromatic carbocycles. The van der Waals surface area contributed by atoms with Gasteiger partial charge in [-0.1, -0.05) is 0 Å². The fourth-order valence-corrected chi connectivity index (χ4v) is 3.95. The van der Waals surface area contributed by atoms with Gasteiger partial charge in [0.15, 0.2) is 9.84 Å². The Morgan fingerprint density at radius 2 is 2.21 bits per heavy atom. The molecule has 5 heteroatoms. The lowest BCUT2D eigenvalue weighted by Crippen LogP contribution is -2.32. The third kappa shape index (κ3) is 3.20. The van der Waals surface area contributed by atoms with Gasteiger partial charge < -0.3 is 5.73 Å². The van der Waals surface area contributed by atoms with E-state index < -0.39 is 16.5 Å². The summed E-state index contributed by atoms with van der Waals surface area (Å²) < 4.78 is 35.3. The van der Waals surface area contributed by atoms with Crippen LogP contribution in [0.25, 0.3) is 0 Å². The van der Waals surface area contributed by atoms with Crippen LogP contribution < -0.4 is 5.73 Å². The molecule has 14 heavy (non-hydrogen) atoms. The first-order valence-corrected chi connectivity index (χ1v) is 6.87. The molecule has 84 valence electrons. The Kier molecular flexibility index (Phi) is 4.31. The first-order valence-electron chi connectivity index (χ1n) is 5.05. The van der Waals surface area contributed by atoms with Crippen molar-refractivity contribution in [2.75, 3.05) is 24.7 Å². The first kappa shape index (κ1) is 11.9. The van der Waals surface area contributed by atoms with Crippen molar-refractivity contribution < 1.29 is 12.8 Å². The van der Waals surface area contributed by atoms with Crippen molar-refractivity contribution in [2.24, 2.45) is 17.6 Å². The zero-order chi connectivity index (χ0) is 10.6. The summed E-state index contributed by atoms with van der Waals surface area (Å²) in [5.41, 5.74) is 5.36. The second-order valence-corrected chi connectivity index (χ2v) is 6.24. The highest BCUT2D eigenvalue weighted by atomic mass is 32.2. The summed E-state index contributed by atoms with van der Waals surface area (Å²) in [6.45, 7) is -0.0114. The van der Waals surface area contributed by atoms with Crippen LogP contribution >= 0.6 is 0 Å². The molecule has 0 radical (unpaired) electrons. The van der Waals surface area contributed by atoms with Gasteiger partial charge in [-0.3, -0.25) is 4.39 Å². The maximum absolute atomic E-state index is 12.6. The molecule has 1 aliphatic heterocycles. The van der Waals surface area contributed by atoms with Gasteiger partial charge in [-0.25, -0.2) is 8.42 Å². The van der Waals surface area contributed by atoms with Crippen molar-refractivity contribution >= 4 is 9.84 Å². The lowest BCUT2D eigenvalue weighted by Gasteiger charge is -2.27. The van der Waals surface area contributed by atoms with Crippen molar-refractivity contribution in [2.45, 2.75) is 19.3 Å². The van der Waals surface area contributed by atoms with Crippen LogP contribution in [-0.4, -0.2) is 33.1 Å². The Morgan fingerprint density at radius 3 is 2.71 bits per heavy atom. The van der Waals surface area contributed by atoms with Crippen LogP contribution in [0.1, 0.15) is 19.3 Å². The molecule has 2 unspecified atom stereocenters. The highest BCUT2D eigenvalue weighted by molar-refractivity contribution is 7.91. The molecule has 0 aromatic rings. The van der Waals surface area contributed by atoms with Gasteiger partial charge >= 0.3 is 0 Å². The predicted octanol–water partition coefficient (Wildman–Crippen LogP) is 0.746. The van der Waals surface area contributed by atoms with E-state index in [0.717, 1.165) is 6.42 Å². The van der Waals surface area contributed by atoms with Gasteiger partial charge in [0.25, 0.3) is 0 Å². The van der Waals surface area contributed by atoms with Crippen LogP contribution in [0, 0.1) is 11.8 Å². The van der Waals surface area contributed by atoms with E-state index in [1.807, 2.05) is 0 Å². The predicted molar refractivity (Wildman–Crippen MR) is 54.5 cm³/mol. The number of nitrogens with two attached hydrogens (primary N) is 1. The molecule has 0 aliphatic carbocycles.